The van der Waals surface area contributed by atoms with Crippen LogP contribution in [0.1, 0.15) is 35.7 Å². The molecule has 0 spiro atoms. The fourth-order valence-corrected chi connectivity index (χ4v) is 5.38. The van der Waals surface area contributed by atoms with E-state index in [1.807, 2.05) is 6.92 Å². The van der Waals surface area contributed by atoms with Crippen molar-refractivity contribution in [2.24, 2.45) is 5.92 Å². The Morgan fingerprint density at radius 1 is 1.21 bits per heavy atom. The van der Waals surface area contributed by atoms with Crippen LogP contribution >= 0.6 is 11.6 Å². The third-order valence-corrected chi connectivity index (χ3v) is 7.28. The van der Waals surface area contributed by atoms with Crippen molar-refractivity contribution >= 4 is 27.6 Å². The van der Waals surface area contributed by atoms with E-state index in [2.05, 4.69) is 0 Å². The number of benzene rings is 2. The second-order valence-corrected chi connectivity index (χ2v) is 9.49. The van der Waals surface area contributed by atoms with Crippen molar-refractivity contribution in [2.45, 2.75) is 31.3 Å². The fraction of sp³-hybridized carbons (Fsp3) is 0.381. The molecule has 0 radical (unpaired) electrons. The Balaban J connectivity index is 1.76. The van der Waals surface area contributed by atoms with Crippen LogP contribution in [-0.4, -0.2) is 38.9 Å². The Labute approximate surface area is 176 Å². The third-order valence-electron chi connectivity index (χ3n) is 4.93. The standard InChI is InChI=1S/C21H24ClNO5S/c1-15-4-3-11-23(13-15)29(25,26)20-12-17(7-10-19(20)22)21(24)28-14-16-5-8-18(27-2)9-6-16/h5-10,12,15H,3-4,11,13-14H2,1-2H3. The number of sulfonamides is 1. The molecular formula is C21H24ClNO5S. The zero-order valence-electron chi connectivity index (χ0n) is 16.4. The number of carbonyl (C=O) groups is 1. The number of hydrogen-bond acceptors (Lipinski definition) is 5. The lowest BCUT2D eigenvalue weighted by Crippen LogP contribution is -2.39. The van der Waals surface area contributed by atoms with Gasteiger partial charge in [0.25, 0.3) is 0 Å². The minimum atomic E-state index is -3.78. The van der Waals surface area contributed by atoms with Crippen LogP contribution < -0.4 is 4.74 Å². The molecule has 29 heavy (non-hydrogen) atoms. The minimum absolute atomic E-state index is 0.0628. The topological polar surface area (TPSA) is 72.9 Å². The van der Waals surface area contributed by atoms with Gasteiger partial charge in [0.1, 0.15) is 17.3 Å². The van der Waals surface area contributed by atoms with Gasteiger partial charge in [-0.2, -0.15) is 4.31 Å². The molecule has 1 atom stereocenters. The fourth-order valence-electron chi connectivity index (χ4n) is 3.29. The summed E-state index contributed by atoms with van der Waals surface area (Å²) >= 11 is 6.17. The summed E-state index contributed by atoms with van der Waals surface area (Å²) in [5.74, 6) is 0.385. The summed E-state index contributed by atoms with van der Waals surface area (Å²) in [5, 5.41) is 0.0925. The van der Waals surface area contributed by atoms with Gasteiger partial charge < -0.3 is 9.47 Å². The van der Waals surface area contributed by atoms with Gasteiger partial charge in [-0.15, -0.1) is 0 Å². The van der Waals surface area contributed by atoms with Gasteiger partial charge in [0.2, 0.25) is 10.0 Å². The molecule has 1 aliphatic heterocycles. The van der Waals surface area contributed by atoms with Crippen molar-refractivity contribution in [1.82, 2.24) is 4.31 Å². The van der Waals surface area contributed by atoms with E-state index in [0.29, 0.717) is 18.8 Å². The van der Waals surface area contributed by atoms with Gasteiger partial charge >= 0.3 is 5.97 Å². The van der Waals surface area contributed by atoms with Crippen LogP contribution in [0.4, 0.5) is 0 Å². The second-order valence-electron chi connectivity index (χ2n) is 7.18. The van der Waals surface area contributed by atoms with E-state index < -0.39 is 16.0 Å². The molecule has 6 nitrogen and oxygen atoms in total. The highest BCUT2D eigenvalue weighted by Crippen LogP contribution is 2.29. The maximum absolute atomic E-state index is 13.0. The van der Waals surface area contributed by atoms with Crippen molar-refractivity contribution in [2.75, 3.05) is 20.2 Å². The molecule has 0 aromatic heterocycles. The monoisotopic (exact) mass is 437 g/mol. The molecule has 0 aliphatic carbocycles. The lowest BCUT2D eigenvalue weighted by atomic mass is 10.0. The average Bonchev–Trinajstić information content (AvgIpc) is 2.72. The molecule has 1 fully saturated rings. The van der Waals surface area contributed by atoms with E-state index in [4.69, 9.17) is 21.1 Å². The zero-order valence-corrected chi connectivity index (χ0v) is 18.0. The van der Waals surface area contributed by atoms with Crippen molar-refractivity contribution in [1.29, 1.82) is 0 Å². The molecule has 1 heterocycles. The average molecular weight is 438 g/mol. The van der Waals surface area contributed by atoms with Crippen molar-refractivity contribution in [3.63, 3.8) is 0 Å². The Morgan fingerprint density at radius 2 is 1.93 bits per heavy atom. The van der Waals surface area contributed by atoms with E-state index in [1.54, 1.807) is 31.4 Å². The van der Waals surface area contributed by atoms with Gasteiger partial charge in [-0.3, -0.25) is 0 Å². The highest BCUT2D eigenvalue weighted by Gasteiger charge is 2.31. The first-order chi connectivity index (χ1) is 13.8. The van der Waals surface area contributed by atoms with Gasteiger partial charge in [0.15, 0.2) is 0 Å². The third kappa shape index (κ3) is 5.10. The number of ether oxygens (including phenoxy) is 2. The van der Waals surface area contributed by atoms with Crippen molar-refractivity contribution in [3.05, 3.63) is 58.6 Å². The minimum Gasteiger partial charge on any atom is -0.497 e. The molecule has 2 aromatic carbocycles. The highest BCUT2D eigenvalue weighted by molar-refractivity contribution is 7.89. The maximum atomic E-state index is 13.0. The van der Waals surface area contributed by atoms with Gasteiger partial charge in [-0.25, -0.2) is 13.2 Å². The Kier molecular flexibility index (Phi) is 6.82. The molecular weight excluding hydrogens is 414 g/mol. The van der Waals surface area contributed by atoms with Gasteiger partial charge in [-0.1, -0.05) is 30.7 Å². The van der Waals surface area contributed by atoms with E-state index in [0.717, 1.165) is 18.4 Å². The second kappa shape index (κ2) is 9.15. The van der Waals surface area contributed by atoms with Crippen LogP contribution in [0.3, 0.4) is 0 Å². The summed E-state index contributed by atoms with van der Waals surface area (Å²) in [6, 6.07) is 11.3. The predicted molar refractivity (Wildman–Crippen MR) is 111 cm³/mol. The molecule has 0 saturated carbocycles. The van der Waals surface area contributed by atoms with Gasteiger partial charge in [-0.05, 0) is 54.7 Å². The summed E-state index contributed by atoms with van der Waals surface area (Å²) in [6.45, 7) is 2.99. The molecule has 0 bridgehead atoms. The maximum Gasteiger partial charge on any atom is 0.338 e. The lowest BCUT2D eigenvalue weighted by molar-refractivity contribution is 0.0472. The summed E-state index contributed by atoms with van der Waals surface area (Å²) in [4.78, 5) is 12.4. The van der Waals surface area contributed by atoms with Crippen LogP contribution in [0.15, 0.2) is 47.4 Å². The van der Waals surface area contributed by atoms with Crippen molar-refractivity contribution in [3.8, 4) is 5.75 Å². The zero-order chi connectivity index (χ0) is 21.0. The molecule has 2 aromatic rings. The summed E-state index contributed by atoms with van der Waals surface area (Å²) in [6.07, 6.45) is 1.80. The van der Waals surface area contributed by atoms with E-state index >= 15 is 0 Å². The predicted octanol–water partition coefficient (Wildman–Crippen LogP) is 4.13. The molecule has 0 amide bonds. The molecule has 3 rings (SSSR count). The number of piperidine rings is 1. The van der Waals surface area contributed by atoms with Crippen LogP contribution in [0.5, 0.6) is 5.75 Å². The van der Waals surface area contributed by atoms with E-state index in [-0.39, 0.29) is 28.0 Å². The Bertz CT molecular complexity index is 975. The number of esters is 1. The first-order valence-corrected chi connectivity index (χ1v) is 11.2. The molecule has 1 aliphatic rings. The normalized spacial score (nSPS) is 17.7. The lowest BCUT2D eigenvalue weighted by Gasteiger charge is -2.30. The first kappa shape index (κ1) is 21.6. The summed E-state index contributed by atoms with van der Waals surface area (Å²) in [7, 11) is -2.20. The number of methoxy groups -OCH3 is 1. The number of hydrogen-bond donors (Lipinski definition) is 0. The SMILES string of the molecule is COc1ccc(COC(=O)c2ccc(Cl)c(S(=O)(=O)N3CCCC(C)C3)c2)cc1. The molecule has 156 valence electrons. The number of rotatable bonds is 6. The van der Waals surface area contributed by atoms with E-state index in [1.165, 1.54) is 22.5 Å². The summed E-state index contributed by atoms with van der Waals surface area (Å²) in [5.41, 5.74) is 0.940. The molecule has 0 N–H and O–H groups in total. The van der Waals surface area contributed by atoms with Gasteiger partial charge in [0, 0.05) is 13.1 Å². The van der Waals surface area contributed by atoms with Crippen LogP contribution in [0.25, 0.3) is 0 Å². The van der Waals surface area contributed by atoms with Crippen LogP contribution in [0, 0.1) is 5.92 Å². The first-order valence-electron chi connectivity index (χ1n) is 9.41. The molecule has 8 heteroatoms. The van der Waals surface area contributed by atoms with Gasteiger partial charge in [0.05, 0.1) is 17.7 Å². The Hall–Kier alpha value is -2.09. The van der Waals surface area contributed by atoms with E-state index in [9.17, 15) is 13.2 Å². The molecule has 1 saturated heterocycles. The smallest absolute Gasteiger partial charge is 0.338 e. The number of halogens is 1. The largest absolute Gasteiger partial charge is 0.497 e. The Morgan fingerprint density at radius 3 is 2.59 bits per heavy atom. The highest BCUT2D eigenvalue weighted by atomic mass is 35.5. The van der Waals surface area contributed by atoms with Crippen LogP contribution in [0.2, 0.25) is 5.02 Å². The van der Waals surface area contributed by atoms with Crippen molar-refractivity contribution < 1.29 is 22.7 Å². The molecule has 1 unspecified atom stereocenters. The van der Waals surface area contributed by atoms with Crippen LogP contribution in [-0.2, 0) is 21.4 Å². The quantitative estimate of drug-likeness (QED) is 0.635. The number of nitrogens with zero attached hydrogens (tertiary/aromatic N) is 1. The number of carbonyl (C=O) groups excluding carboxylic acids is 1. The summed E-state index contributed by atoms with van der Waals surface area (Å²) < 4.78 is 38.0.